The van der Waals surface area contributed by atoms with Crippen LogP contribution in [0.5, 0.6) is 5.75 Å². The first-order valence-corrected chi connectivity index (χ1v) is 8.17. The molecule has 6 heteroatoms. The van der Waals surface area contributed by atoms with Crippen LogP contribution < -0.4 is 15.0 Å². The third-order valence-electron chi connectivity index (χ3n) is 4.26. The van der Waals surface area contributed by atoms with Crippen molar-refractivity contribution in [3.8, 4) is 11.8 Å². The molecule has 128 valence electrons. The summed E-state index contributed by atoms with van der Waals surface area (Å²) in [5.41, 5.74) is 4.28. The van der Waals surface area contributed by atoms with Crippen molar-refractivity contribution in [1.29, 1.82) is 5.26 Å². The van der Waals surface area contributed by atoms with Crippen molar-refractivity contribution in [3.05, 3.63) is 41.2 Å². The van der Waals surface area contributed by atoms with E-state index in [1.165, 1.54) is 0 Å². The summed E-state index contributed by atoms with van der Waals surface area (Å²) in [6, 6.07) is 9.62. The number of hydrogen-bond donors (Lipinski definition) is 1. The molecular weight excluding hydrogens is 316 g/mol. The Kier molecular flexibility index (Phi) is 4.57. The quantitative estimate of drug-likeness (QED) is 0.925. The van der Waals surface area contributed by atoms with Crippen molar-refractivity contribution in [3.63, 3.8) is 0 Å². The summed E-state index contributed by atoms with van der Waals surface area (Å²) in [4.78, 5) is 18.2. The number of ether oxygens (including phenoxy) is 1. The average molecular weight is 336 g/mol. The Bertz CT molecular complexity index is 870. The molecule has 1 aromatic heterocycles. The molecule has 0 radical (unpaired) electrons. The number of nitrogens with one attached hydrogen (secondary N) is 1. The highest BCUT2D eigenvalue weighted by atomic mass is 16.5. The Balaban J connectivity index is 2.00. The minimum absolute atomic E-state index is 0.101. The molecule has 1 aliphatic rings. The van der Waals surface area contributed by atoms with Gasteiger partial charge in [-0.3, -0.25) is 9.78 Å². The highest BCUT2D eigenvalue weighted by Gasteiger charge is 2.24. The minimum atomic E-state index is 0.101. The van der Waals surface area contributed by atoms with Crippen LogP contribution in [0.2, 0.25) is 0 Å². The van der Waals surface area contributed by atoms with Crippen molar-refractivity contribution >= 4 is 23.0 Å². The molecule has 1 fully saturated rings. The molecule has 3 rings (SSSR count). The molecule has 0 atom stereocenters. The molecule has 1 aliphatic heterocycles. The van der Waals surface area contributed by atoms with Gasteiger partial charge in [-0.05, 0) is 44.5 Å². The van der Waals surface area contributed by atoms with E-state index in [4.69, 9.17) is 4.74 Å². The molecule has 1 N–H and O–H groups in total. The topological polar surface area (TPSA) is 78.2 Å². The summed E-state index contributed by atoms with van der Waals surface area (Å²) in [6.45, 7) is 4.40. The zero-order valence-electron chi connectivity index (χ0n) is 14.6. The van der Waals surface area contributed by atoms with Gasteiger partial charge >= 0.3 is 0 Å². The SMILES string of the molecule is COc1ccc(Nc2cc(C)nc(C)c2C#N)cc1N1CCCC1=O. The molecule has 1 aromatic carbocycles. The van der Waals surface area contributed by atoms with Crippen molar-refractivity contribution in [2.24, 2.45) is 0 Å². The number of carbonyl (C=O) groups is 1. The summed E-state index contributed by atoms with van der Waals surface area (Å²) in [6.07, 6.45) is 1.41. The Morgan fingerprint density at radius 2 is 2.12 bits per heavy atom. The number of anilines is 3. The zero-order chi connectivity index (χ0) is 18.0. The number of methoxy groups -OCH3 is 1. The number of aromatic nitrogens is 1. The number of benzene rings is 1. The van der Waals surface area contributed by atoms with Crippen LogP contribution in [0.3, 0.4) is 0 Å². The average Bonchev–Trinajstić information content (AvgIpc) is 3.00. The second kappa shape index (κ2) is 6.81. The van der Waals surface area contributed by atoms with Crippen LogP contribution >= 0.6 is 0 Å². The number of aryl methyl sites for hydroxylation is 2. The maximum absolute atomic E-state index is 12.1. The lowest BCUT2D eigenvalue weighted by Gasteiger charge is -2.20. The molecule has 2 aromatic rings. The van der Waals surface area contributed by atoms with Gasteiger partial charge in [0.15, 0.2) is 0 Å². The highest BCUT2D eigenvalue weighted by molar-refractivity contribution is 5.97. The van der Waals surface area contributed by atoms with Crippen LogP contribution in [0, 0.1) is 25.2 Å². The molecule has 0 aliphatic carbocycles. The number of rotatable bonds is 4. The van der Waals surface area contributed by atoms with Gasteiger partial charge in [0.25, 0.3) is 0 Å². The van der Waals surface area contributed by atoms with Gasteiger partial charge < -0.3 is 15.0 Å². The fraction of sp³-hybridized carbons (Fsp3) is 0.316. The lowest BCUT2D eigenvalue weighted by molar-refractivity contribution is -0.117. The fourth-order valence-electron chi connectivity index (χ4n) is 3.11. The number of amides is 1. The molecule has 0 saturated carbocycles. The number of hydrogen-bond acceptors (Lipinski definition) is 5. The van der Waals surface area contributed by atoms with Crippen LogP contribution in [-0.2, 0) is 4.79 Å². The van der Waals surface area contributed by atoms with Gasteiger partial charge in [-0.25, -0.2) is 0 Å². The van der Waals surface area contributed by atoms with E-state index in [0.29, 0.717) is 35.7 Å². The standard InChI is InChI=1S/C19H20N4O2/c1-12-9-16(15(11-20)13(2)21-12)22-14-6-7-18(25-3)17(10-14)23-8-4-5-19(23)24/h6-7,9-10H,4-5,8H2,1-3H3,(H,21,22). The Morgan fingerprint density at radius 1 is 1.32 bits per heavy atom. The van der Waals surface area contributed by atoms with E-state index >= 15 is 0 Å². The monoisotopic (exact) mass is 336 g/mol. The summed E-state index contributed by atoms with van der Waals surface area (Å²) >= 11 is 0. The van der Waals surface area contributed by atoms with E-state index < -0.39 is 0 Å². The van der Waals surface area contributed by atoms with Crippen molar-refractivity contribution in [2.45, 2.75) is 26.7 Å². The van der Waals surface area contributed by atoms with Crippen LogP contribution in [0.4, 0.5) is 17.1 Å². The van der Waals surface area contributed by atoms with E-state index in [1.54, 1.807) is 12.0 Å². The third kappa shape index (κ3) is 3.26. The van der Waals surface area contributed by atoms with Gasteiger partial charge in [0, 0.05) is 24.3 Å². The molecular formula is C19H20N4O2. The van der Waals surface area contributed by atoms with E-state index in [9.17, 15) is 10.1 Å². The summed E-state index contributed by atoms with van der Waals surface area (Å²) in [5.74, 6) is 0.757. The largest absolute Gasteiger partial charge is 0.495 e. The fourth-order valence-corrected chi connectivity index (χ4v) is 3.11. The first-order chi connectivity index (χ1) is 12.0. The first-order valence-electron chi connectivity index (χ1n) is 8.17. The van der Waals surface area contributed by atoms with Crippen LogP contribution in [-0.4, -0.2) is 24.5 Å². The van der Waals surface area contributed by atoms with Crippen molar-refractivity contribution in [1.82, 2.24) is 4.98 Å². The predicted octanol–water partition coefficient (Wildman–Crippen LogP) is 3.45. The van der Waals surface area contributed by atoms with Crippen LogP contribution in [0.15, 0.2) is 24.3 Å². The molecule has 2 heterocycles. The van der Waals surface area contributed by atoms with E-state index in [-0.39, 0.29) is 5.91 Å². The van der Waals surface area contributed by atoms with Gasteiger partial charge in [-0.15, -0.1) is 0 Å². The van der Waals surface area contributed by atoms with Gasteiger partial charge in [0.2, 0.25) is 5.91 Å². The molecule has 0 bridgehead atoms. The van der Waals surface area contributed by atoms with Gasteiger partial charge in [-0.2, -0.15) is 5.26 Å². The lowest BCUT2D eigenvalue weighted by atomic mass is 10.1. The lowest BCUT2D eigenvalue weighted by Crippen LogP contribution is -2.24. The molecule has 25 heavy (non-hydrogen) atoms. The normalized spacial score (nSPS) is 13.7. The van der Waals surface area contributed by atoms with E-state index in [1.807, 2.05) is 38.1 Å². The summed E-state index contributed by atoms with van der Waals surface area (Å²) < 4.78 is 5.41. The molecule has 0 unspecified atom stereocenters. The Morgan fingerprint density at radius 3 is 2.76 bits per heavy atom. The van der Waals surface area contributed by atoms with Crippen molar-refractivity contribution < 1.29 is 9.53 Å². The second-order valence-electron chi connectivity index (χ2n) is 6.04. The minimum Gasteiger partial charge on any atom is -0.495 e. The first kappa shape index (κ1) is 16.8. The van der Waals surface area contributed by atoms with Crippen LogP contribution in [0.1, 0.15) is 29.8 Å². The van der Waals surface area contributed by atoms with Gasteiger partial charge in [0.05, 0.1) is 29.7 Å². The number of nitrogens with zero attached hydrogens (tertiary/aromatic N) is 3. The maximum Gasteiger partial charge on any atom is 0.227 e. The third-order valence-corrected chi connectivity index (χ3v) is 4.26. The van der Waals surface area contributed by atoms with Crippen LogP contribution in [0.25, 0.3) is 0 Å². The number of pyridine rings is 1. The van der Waals surface area contributed by atoms with E-state index in [2.05, 4.69) is 16.4 Å². The molecule has 1 amide bonds. The maximum atomic E-state index is 12.1. The molecule has 0 spiro atoms. The Labute approximate surface area is 147 Å². The second-order valence-corrected chi connectivity index (χ2v) is 6.04. The Hall–Kier alpha value is -3.07. The number of carbonyl (C=O) groups excluding carboxylic acids is 1. The van der Waals surface area contributed by atoms with Gasteiger partial charge in [-0.1, -0.05) is 0 Å². The zero-order valence-corrected chi connectivity index (χ0v) is 14.6. The predicted molar refractivity (Wildman–Crippen MR) is 96.3 cm³/mol. The van der Waals surface area contributed by atoms with Gasteiger partial charge in [0.1, 0.15) is 11.8 Å². The molecule has 6 nitrogen and oxygen atoms in total. The van der Waals surface area contributed by atoms with Crippen molar-refractivity contribution in [2.75, 3.05) is 23.9 Å². The highest BCUT2D eigenvalue weighted by Crippen LogP contribution is 2.35. The summed E-state index contributed by atoms with van der Waals surface area (Å²) in [7, 11) is 1.59. The number of nitriles is 1. The van der Waals surface area contributed by atoms with E-state index in [0.717, 1.165) is 23.5 Å². The smallest absolute Gasteiger partial charge is 0.227 e. The summed E-state index contributed by atoms with van der Waals surface area (Å²) in [5, 5.41) is 12.7. The molecule has 1 saturated heterocycles.